The summed E-state index contributed by atoms with van der Waals surface area (Å²) in [7, 11) is 3.99. The van der Waals surface area contributed by atoms with Gasteiger partial charge in [-0.1, -0.05) is 19.1 Å². The molecule has 0 spiro atoms. The van der Waals surface area contributed by atoms with Gasteiger partial charge in [0.15, 0.2) is 0 Å². The fraction of sp³-hybridized carbons (Fsp3) is 0.556. The molecule has 2 heterocycles. The largest absolute Gasteiger partial charge is 0.297 e. The predicted octanol–water partition coefficient (Wildman–Crippen LogP) is 4.06. The molecule has 0 radical (unpaired) electrons. The maximum absolute atomic E-state index is 5.27. The fourth-order valence-corrected chi connectivity index (χ4v) is 4.54. The van der Waals surface area contributed by atoms with Gasteiger partial charge in [0.2, 0.25) is 0 Å². The van der Waals surface area contributed by atoms with Crippen LogP contribution < -0.4 is 5.48 Å². The first-order chi connectivity index (χ1) is 10.7. The molecule has 1 N–H and O–H groups in total. The summed E-state index contributed by atoms with van der Waals surface area (Å²) in [5, 5.41) is 0. The number of piperidine rings is 1. The first-order valence-corrected chi connectivity index (χ1v) is 9.22. The molecule has 1 unspecified atom stereocenters. The van der Waals surface area contributed by atoms with Crippen LogP contribution in [0.25, 0.3) is 0 Å². The lowest BCUT2D eigenvalue weighted by molar-refractivity contribution is 0.110. The third-order valence-electron chi connectivity index (χ3n) is 5.28. The minimum atomic E-state index is 0.517. The molecule has 3 rings (SSSR count). The smallest absolute Gasteiger partial charge is 0.0636 e. The molecule has 1 aromatic rings. The molecule has 0 saturated carbocycles. The average molecular weight is 412 g/mol. The molecule has 120 valence electrons. The highest BCUT2D eigenvalue weighted by atomic mass is 127. The third kappa shape index (κ3) is 2.93. The number of halogens is 1. The van der Waals surface area contributed by atoms with Crippen LogP contribution in [0.5, 0.6) is 0 Å². The molecule has 1 aromatic carbocycles. The summed E-state index contributed by atoms with van der Waals surface area (Å²) >= 11 is 2.38. The normalized spacial score (nSPS) is 30.5. The molecule has 2 saturated heterocycles. The summed E-state index contributed by atoms with van der Waals surface area (Å²) in [6.07, 6.45) is 4.79. The van der Waals surface area contributed by atoms with Gasteiger partial charge in [-0.3, -0.25) is 15.2 Å². The number of rotatable bonds is 4. The van der Waals surface area contributed by atoms with Crippen molar-refractivity contribution in [1.82, 2.24) is 10.4 Å². The predicted molar refractivity (Wildman–Crippen MR) is 98.6 cm³/mol. The minimum Gasteiger partial charge on any atom is -0.297 e. The Labute approximate surface area is 147 Å². The molecule has 2 aliphatic heterocycles. The van der Waals surface area contributed by atoms with Crippen LogP contribution in [0.4, 0.5) is 0 Å². The summed E-state index contributed by atoms with van der Waals surface area (Å²) in [6, 6.07) is 10.3. The van der Waals surface area contributed by atoms with Gasteiger partial charge in [-0.15, -0.1) is 0 Å². The molecular weight excluding hydrogens is 387 g/mol. The van der Waals surface area contributed by atoms with Gasteiger partial charge in [-0.25, -0.2) is 0 Å². The SMILES string of the molecule is CCC(NOC)=C1[C@H](c2ccc(I)cc2)CC2CC[C@@H]1N2C. The van der Waals surface area contributed by atoms with E-state index < -0.39 is 0 Å². The average Bonchev–Trinajstić information content (AvgIpc) is 2.76. The van der Waals surface area contributed by atoms with Crippen LogP contribution in [-0.4, -0.2) is 31.1 Å². The van der Waals surface area contributed by atoms with Crippen LogP contribution in [0.15, 0.2) is 35.5 Å². The van der Waals surface area contributed by atoms with Crippen LogP contribution in [0.1, 0.15) is 44.1 Å². The van der Waals surface area contributed by atoms with Gasteiger partial charge in [0.25, 0.3) is 0 Å². The topological polar surface area (TPSA) is 24.5 Å². The summed E-state index contributed by atoms with van der Waals surface area (Å²) < 4.78 is 1.30. The Kier molecular flexibility index (Phi) is 5.10. The Bertz CT molecular complexity index is 555. The zero-order valence-corrected chi connectivity index (χ0v) is 15.8. The Hall–Kier alpha value is -0.590. The molecular formula is C18H25IN2O. The van der Waals surface area contributed by atoms with Crippen molar-refractivity contribution in [3.05, 3.63) is 44.7 Å². The zero-order chi connectivity index (χ0) is 15.7. The molecule has 0 amide bonds. The minimum absolute atomic E-state index is 0.517. The Morgan fingerprint density at radius 1 is 1.32 bits per heavy atom. The van der Waals surface area contributed by atoms with Gasteiger partial charge in [-0.05, 0) is 78.6 Å². The highest BCUT2D eigenvalue weighted by Crippen LogP contribution is 2.47. The number of nitrogens with zero attached hydrogens (tertiary/aromatic N) is 1. The van der Waals surface area contributed by atoms with Crippen LogP contribution in [0, 0.1) is 3.57 Å². The highest BCUT2D eigenvalue weighted by molar-refractivity contribution is 14.1. The van der Waals surface area contributed by atoms with E-state index in [2.05, 4.69) is 71.2 Å². The van der Waals surface area contributed by atoms with E-state index in [0.29, 0.717) is 12.0 Å². The zero-order valence-electron chi connectivity index (χ0n) is 13.6. The number of benzene rings is 1. The number of hydrogen-bond donors (Lipinski definition) is 1. The summed E-state index contributed by atoms with van der Waals surface area (Å²) in [5.74, 6) is 0.517. The van der Waals surface area contributed by atoms with Gasteiger partial charge < -0.3 is 0 Å². The van der Waals surface area contributed by atoms with E-state index in [0.717, 1.165) is 12.5 Å². The number of nitrogens with one attached hydrogen (secondary N) is 1. The van der Waals surface area contributed by atoms with Crippen molar-refractivity contribution in [1.29, 1.82) is 0 Å². The summed E-state index contributed by atoms with van der Waals surface area (Å²) in [5.41, 5.74) is 7.43. The van der Waals surface area contributed by atoms with Crippen molar-refractivity contribution in [2.45, 2.75) is 50.6 Å². The molecule has 22 heavy (non-hydrogen) atoms. The van der Waals surface area contributed by atoms with Crippen LogP contribution in [0.2, 0.25) is 0 Å². The van der Waals surface area contributed by atoms with Crippen molar-refractivity contribution in [2.24, 2.45) is 0 Å². The standard InChI is InChI=1S/C18H25IN2O/c1-4-16(20-22-3)18-15(12-5-7-13(19)8-6-12)11-14-9-10-17(18)21(14)2/h5-8,14-15,17,20H,4,9-11H2,1-3H3/t14?,15-,17-/m0/s1. The second kappa shape index (κ2) is 6.89. The van der Waals surface area contributed by atoms with E-state index in [1.54, 1.807) is 12.7 Å². The maximum Gasteiger partial charge on any atom is 0.0636 e. The second-order valence-electron chi connectivity index (χ2n) is 6.35. The van der Waals surface area contributed by atoms with Crippen molar-refractivity contribution >= 4 is 22.6 Å². The lowest BCUT2D eigenvalue weighted by atomic mass is 9.79. The monoisotopic (exact) mass is 412 g/mol. The molecule has 3 nitrogen and oxygen atoms in total. The van der Waals surface area contributed by atoms with E-state index in [1.807, 2.05) is 0 Å². The van der Waals surface area contributed by atoms with Gasteiger partial charge in [0, 0.05) is 27.3 Å². The number of hydroxylamine groups is 1. The van der Waals surface area contributed by atoms with Gasteiger partial charge >= 0.3 is 0 Å². The molecule has 0 aromatic heterocycles. The van der Waals surface area contributed by atoms with E-state index >= 15 is 0 Å². The molecule has 0 aliphatic carbocycles. The lowest BCUT2D eigenvalue weighted by Gasteiger charge is -2.40. The lowest BCUT2D eigenvalue weighted by Crippen LogP contribution is -2.42. The van der Waals surface area contributed by atoms with Crippen LogP contribution >= 0.6 is 22.6 Å². The Balaban J connectivity index is 2.04. The van der Waals surface area contributed by atoms with E-state index in [9.17, 15) is 0 Å². The first-order valence-electron chi connectivity index (χ1n) is 8.15. The maximum atomic E-state index is 5.27. The molecule has 4 heteroatoms. The molecule has 3 atom stereocenters. The van der Waals surface area contributed by atoms with Crippen molar-refractivity contribution < 1.29 is 4.84 Å². The van der Waals surface area contributed by atoms with Crippen molar-refractivity contribution in [2.75, 3.05) is 14.2 Å². The van der Waals surface area contributed by atoms with Crippen LogP contribution in [-0.2, 0) is 4.84 Å². The first kappa shape index (κ1) is 16.3. The van der Waals surface area contributed by atoms with Crippen molar-refractivity contribution in [3.8, 4) is 0 Å². The second-order valence-corrected chi connectivity index (χ2v) is 7.59. The van der Waals surface area contributed by atoms with Gasteiger partial charge in [0.1, 0.15) is 0 Å². The summed E-state index contributed by atoms with van der Waals surface area (Å²) in [6.45, 7) is 2.21. The number of allylic oxidation sites excluding steroid dienone is 1. The number of hydrogen-bond acceptors (Lipinski definition) is 3. The summed E-state index contributed by atoms with van der Waals surface area (Å²) in [4.78, 5) is 7.84. The highest BCUT2D eigenvalue weighted by Gasteiger charge is 2.43. The number of likely N-dealkylation sites (N-methyl/N-ethyl adjacent to an activating group) is 1. The quantitative estimate of drug-likeness (QED) is 0.597. The molecule has 2 aliphatic rings. The third-order valence-corrected chi connectivity index (χ3v) is 6.00. The fourth-order valence-electron chi connectivity index (χ4n) is 4.18. The molecule has 2 bridgehead atoms. The van der Waals surface area contributed by atoms with E-state index in [4.69, 9.17) is 4.84 Å². The molecule has 2 fully saturated rings. The number of fused-ring (bicyclic) bond motifs is 2. The van der Waals surface area contributed by atoms with Gasteiger partial charge in [-0.2, -0.15) is 0 Å². The van der Waals surface area contributed by atoms with E-state index in [1.165, 1.54) is 34.1 Å². The van der Waals surface area contributed by atoms with Gasteiger partial charge in [0.05, 0.1) is 7.11 Å². The Morgan fingerprint density at radius 2 is 2.05 bits per heavy atom. The Morgan fingerprint density at radius 3 is 2.68 bits per heavy atom. The van der Waals surface area contributed by atoms with E-state index in [-0.39, 0.29) is 0 Å². The van der Waals surface area contributed by atoms with Crippen molar-refractivity contribution in [3.63, 3.8) is 0 Å². The van der Waals surface area contributed by atoms with Crippen LogP contribution in [0.3, 0.4) is 0 Å².